The van der Waals surface area contributed by atoms with Gasteiger partial charge in [0.05, 0.1) is 0 Å². The number of benzene rings is 3. The molecule has 3 rings (SSSR count). The van der Waals surface area contributed by atoms with Gasteiger partial charge in [0, 0.05) is 16.8 Å². The summed E-state index contributed by atoms with van der Waals surface area (Å²) in [7, 11) is 0. The van der Waals surface area contributed by atoms with Gasteiger partial charge in [0.15, 0.2) is 0 Å². The Labute approximate surface area is 151 Å². The highest BCUT2D eigenvalue weighted by Gasteiger charge is 2.09. The predicted molar refractivity (Wildman–Crippen MR) is 101 cm³/mol. The normalized spacial score (nSPS) is 10.2. The molecule has 0 heterocycles. The molecule has 5 nitrogen and oxygen atoms in total. The number of nitrogens with two attached hydrogens (primary N) is 1. The molecule has 26 heavy (non-hydrogen) atoms. The number of rotatable bonds is 5. The molecule has 3 aromatic carbocycles. The summed E-state index contributed by atoms with van der Waals surface area (Å²) in [5.74, 6) is 0.534. The van der Waals surface area contributed by atoms with Crippen molar-refractivity contribution in [2.45, 2.75) is 6.92 Å². The fraction of sp³-hybridized carbons (Fsp3) is 0.0476. The van der Waals surface area contributed by atoms with Gasteiger partial charge in [-0.15, -0.1) is 0 Å². The Hall–Kier alpha value is -3.60. The first kappa shape index (κ1) is 17.2. The molecule has 0 fully saturated rings. The molecule has 0 spiro atoms. The van der Waals surface area contributed by atoms with Crippen molar-refractivity contribution < 1.29 is 14.3 Å². The number of ether oxygens (including phenoxy) is 1. The van der Waals surface area contributed by atoms with Crippen LogP contribution < -0.4 is 15.8 Å². The second-order valence-electron chi connectivity index (χ2n) is 5.84. The molecule has 0 saturated carbocycles. The van der Waals surface area contributed by atoms with E-state index in [-0.39, 0.29) is 5.91 Å². The molecule has 0 aliphatic heterocycles. The number of hydrogen-bond acceptors (Lipinski definition) is 3. The Kier molecular flexibility index (Phi) is 4.99. The van der Waals surface area contributed by atoms with E-state index < -0.39 is 5.91 Å². The highest BCUT2D eigenvalue weighted by atomic mass is 16.5. The Balaban J connectivity index is 1.68. The third kappa shape index (κ3) is 4.27. The zero-order chi connectivity index (χ0) is 18.5. The third-order valence-corrected chi connectivity index (χ3v) is 3.75. The highest BCUT2D eigenvalue weighted by Crippen LogP contribution is 2.24. The number of nitrogens with one attached hydrogen (secondary N) is 1. The van der Waals surface area contributed by atoms with Crippen LogP contribution in [-0.4, -0.2) is 11.8 Å². The number of amides is 2. The van der Waals surface area contributed by atoms with Crippen molar-refractivity contribution >= 4 is 17.5 Å². The van der Waals surface area contributed by atoms with E-state index in [4.69, 9.17) is 10.5 Å². The van der Waals surface area contributed by atoms with Crippen LogP contribution in [0.1, 0.15) is 26.3 Å². The third-order valence-electron chi connectivity index (χ3n) is 3.75. The monoisotopic (exact) mass is 346 g/mol. The number of aryl methyl sites for hydroxylation is 1. The van der Waals surface area contributed by atoms with Gasteiger partial charge in [-0.05, 0) is 67.1 Å². The topological polar surface area (TPSA) is 81.4 Å². The molecule has 0 bridgehead atoms. The molecule has 0 aliphatic rings. The first-order valence-electron chi connectivity index (χ1n) is 8.07. The molecule has 0 aromatic heterocycles. The van der Waals surface area contributed by atoms with Crippen molar-refractivity contribution in [1.82, 2.24) is 0 Å². The fourth-order valence-corrected chi connectivity index (χ4v) is 2.44. The van der Waals surface area contributed by atoms with Crippen LogP contribution in [0.25, 0.3) is 0 Å². The van der Waals surface area contributed by atoms with E-state index in [0.29, 0.717) is 22.6 Å². The molecule has 0 unspecified atom stereocenters. The van der Waals surface area contributed by atoms with Crippen LogP contribution in [0.4, 0.5) is 5.69 Å². The Morgan fingerprint density at radius 2 is 1.54 bits per heavy atom. The lowest BCUT2D eigenvalue weighted by Gasteiger charge is -2.09. The smallest absolute Gasteiger partial charge is 0.255 e. The molecule has 0 saturated heterocycles. The van der Waals surface area contributed by atoms with E-state index in [2.05, 4.69) is 5.32 Å². The summed E-state index contributed by atoms with van der Waals surface area (Å²) >= 11 is 0. The van der Waals surface area contributed by atoms with Crippen LogP contribution >= 0.6 is 0 Å². The number of carbonyl (C=O) groups is 2. The summed E-state index contributed by atoms with van der Waals surface area (Å²) in [6.07, 6.45) is 0. The number of hydrogen-bond donors (Lipinski definition) is 2. The zero-order valence-corrected chi connectivity index (χ0v) is 14.2. The standard InChI is InChI=1S/C21H18N2O3/c1-14-4-2-7-19(12-14)26-18-10-8-17(9-11-18)23-21(25)16-6-3-5-15(13-16)20(22)24/h2-13H,1H3,(H2,22,24)(H,23,25). The second kappa shape index (κ2) is 7.53. The van der Waals surface area contributed by atoms with Gasteiger partial charge >= 0.3 is 0 Å². The minimum Gasteiger partial charge on any atom is -0.457 e. The summed E-state index contributed by atoms with van der Waals surface area (Å²) in [4.78, 5) is 23.5. The van der Waals surface area contributed by atoms with Crippen LogP contribution in [-0.2, 0) is 0 Å². The molecule has 0 radical (unpaired) electrons. The Bertz CT molecular complexity index is 949. The Morgan fingerprint density at radius 3 is 2.23 bits per heavy atom. The van der Waals surface area contributed by atoms with Gasteiger partial charge in [0.25, 0.3) is 5.91 Å². The van der Waals surface area contributed by atoms with Crippen LogP contribution in [0, 0.1) is 6.92 Å². The molecular formula is C21H18N2O3. The summed E-state index contributed by atoms with van der Waals surface area (Å²) < 4.78 is 5.78. The average Bonchev–Trinajstić information content (AvgIpc) is 2.63. The van der Waals surface area contributed by atoms with Crippen LogP contribution in [0.5, 0.6) is 11.5 Å². The van der Waals surface area contributed by atoms with E-state index >= 15 is 0 Å². The first-order chi connectivity index (χ1) is 12.5. The number of anilines is 1. The first-order valence-corrected chi connectivity index (χ1v) is 8.07. The number of carbonyl (C=O) groups excluding carboxylic acids is 2. The van der Waals surface area contributed by atoms with Gasteiger partial charge in [-0.3, -0.25) is 9.59 Å². The molecule has 0 atom stereocenters. The maximum absolute atomic E-state index is 12.3. The lowest BCUT2D eigenvalue weighted by atomic mass is 10.1. The lowest BCUT2D eigenvalue weighted by Crippen LogP contribution is -2.15. The van der Waals surface area contributed by atoms with E-state index in [1.54, 1.807) is 42.5 Å². The van der Waals surface area contributed by atoms with Gasteiger partial charge in [0.2, 0.25) is 5.91 Å². The van der Waals surface area contributed by atoms with Crippen molar-refractivity contribution in [3.05, 3.63) is 89.5 Å². The van der Waals surface area contributed by atoms with E-state index in [1.807, 2.05) is 31.2 Å². The van der Waals surface area contributed by atoms with Crippen molar-refractivity contribution in [2.24, 2.45) is 5.73 Å². The zero-order valence-electron chi connectivity index (χ0n) is 14.2. The Morgan fingerprint density at radius 1 is 0.846 bits per heavy atom. The van der Waals surface area contributed by atoms with Gasteiger partial charge in [-0.25, -0.2) is 0 Å². The van der Waals surface area contributed by atoms with Crippen molar-refractivity contribution in [3.63, 3.8) is 0 Å². The summed E-state index contributed by atoms with van der Waals surface area (Å²) in [5, 5.41) is 2.78. The maximum Gasteiger partial charge on any atom is 0.255 e. The van der Waals surface area contributed by atoms with Gasteiger partial charge in [-0.2, -0.15) is 0 Å². The largest absolute Gasteiger partial charge is 0.457 e. The lowest BCUT2D eigenvalue weighted by molar-refractivity contribution is 0.1000. The molecule has 0 aliphatic carbocycles. The summed E-state index contributed by atoms with van der Waals surface area (Å²) in [5.41, 5.74) is 7.63. The van der Waals surface area contributed by atoms with E-state index in [9.17, 15) is 9.59 Å². The highest BCUT2D eigenvalue weighted by molar-refractivity contribution is 6.06. The van der Waals surface area contributed by atoms with Crippen LogP contribution in [0.2, 0.25) is 0 Å². The predicted octanol–water partition coefficient (Wildman–Crippen LogP) is 4.14. The van der Waals surface area contributed by atoms with Crippen molar-refractivity contribution in [3.8, 4) is 11.5 Å². The van der Waals surface area contributed by atoms with Crippen molar-refractivity contribution in [2.75, 3.05) is 5.32 Å². The van der Waals surface area contributed by atoms with Gasteiger partial charge in [0.1, 0.15) is 11.5 Å². The average molecular weight is 346 g/mol. The molecule has 5 heteroatoms. The van der Waals surface area contributed by atoms with E-state index in [1.165, 1.54) is 6.07 Å². The van der Waals surface area contributed by atoms with E-state index in [0.717, 1.165) is 11.3 Å². The van der Waals surface area contributed by atoms with Gasteiger partial charge in [-0.1, -0.05) is 18.2 Å². The molecular weight excluding hydrogens is 328 g/mol. The maximum atomic E-state index is 12.3. The van der Waals surface area contributed by atoms with Crippen molar-refractivity contribution in [1.29, 1.82) is 0 Å². The van der Waals surface area contributed by atoms with Gasteiger partial charge < -0.3 is 15.8 Å². The quantitative estimate of drug-likeness (QED) is 0.728. The molecule has 3 aromatic rings. The molecule has 3 N–H and O–H groups in total. The van der Waals surface area contributed by atoms with Crippen LogP contribution in [0.15, 0.2) is 72.8 Å². The molecule has 130 valence electrons. The number of primary amides is 1. The fourth-order valence-electron chi connectivity index (χ4n) is 2.44. The minimum absolute atomic E-state index is 0.291. The minimum atomic E-state index is -0.572. The van der Waals surface area contributed by atoms with Crippen LogP contribution in [0.3, 0.4) is 0 Å². The second-order valence-corrected chi connectivity index (χ2v) is 5.84. The summed E-state index contributed by atoms with van der Waals surface area (Å²) in [6.45, 7) is 2.00. The molecule has 2 amide bonds. The SMILES string of the molecule is Cc1cccc(Oc2ccc(NC(=O)c3cccc(C(N)=O)c3)cc2)c1. The summed E-state index contributed by atoms with van der Waals surface area (Å²) in [6, 6.07) is 21.1.